The second-order valence-electron chi connectivity index (χ2n) is 5.47. The van der Waals surface area contributed by atoms with Gasteiger partial charge in [-0.1, -0.05) is 47.5 Å². The Hall–Kier alpha value is -1.80. The van der Waals surface area contributed by atoms with Crippen LogP contribution in [0.5, 0.6) is 5.75 Å². The number of benzene rings is 2. The molecule has 0 aliphatic carbocycles. The fourth-order valence-electron chi connectivity index (χ4n) is 2.44. The highest BCUT2D eigenvalue weighted by Gasteiger charge is 2.11. The van der Waals surface area contributed by atoms with Crippen molar-refractivity contribution >= 4 is 0 Å². The van der Waals surface area contributed by atoms with E-state index in [1.165, 1.54) is 11.1 Å². The molecule has 1 N–H and O–H groups in total. The Morgan fingerprint density at radius 3 is 2.00 bits per heavy atom. The van der Waals surface area contributed by atoms with Gasteiger partial charge in [-0.05, 0) is 44.4 Å². The van der Waals surface area contributed by atoms with Gasteiger partial charge >= 0.3 is 0 Å². The van der Waals surface area contributed by atoms with Gasteiger partial charge < -0.3 is 9.84 Å². The molecule has 0 bridgehead atoms. The van der Waals surface area contributed by atoms with Crippen molar-refractivity contribution < 1.29 is 9.84 Å². The van der Waals surface area contributed by atoms with Crippen LogP contribution in [0.4, 0.5) is 0 Å². The maximum Gasteiger partial charge on any atom is 0.125 e. The molecular weight excluding hydrogens is 248 g/mol. The molecule has 0 aliphatic rings. The maximum absolute atomic E-state index is 10.2. The molecule has 0 spiro atoms. The van der Waals surface area contributed by atoms with Crippen molar-refractivity contribution in [3.8, 4) is 5.75 Å². The molecule has 2 rings (SSSR count). The highest BCUT2D eigenvalue weighted by atomic mass is 16.5. The predicted octanol–water partition coefficient (Wildman–Crippen LogP) is 4.03. The molecule has 0 saturated heterocycles. The molecule has 2 aromatic rings. The zero-order valence-electron chi connectivity index (χ0n) is 12.6. The Balaban J connectivity index is 2.07. The summed E-state index contributed by atoms with van der Waals surface area (Å²) in [5.74, 6) is 0.877. The Kier molecular flexibility index (Phi) is 4.46. The van der Waals surface area contributed by atoms with E-state index in [-0.39, 0.29) is 6.61 Å². The standard InChI is InChI=1S/C18H22O2/c1-12-5-7-16(8-6-12)17(19)11-20-18-14(3)9-13(2)10-15(18)4/h5-10,17,19H,11H2,1-4H3. The van der Waals surface area contributed by atoms with Gasteiger partial charge in [0.2, 0.25) is 0 Å². The third kappa shape index (κ3) is 3.40. The van der Waals surface area contributed by atoms with Crippen LogP contribution in [0.25, 0.3) is 0 Å². The van der Waals surface area contributed by atoms with Crippen molar-refractivity contribution in [1.29, 1.82) is 0 Å². The summed E-state index contributed by atoms with van der Waals surface area (Å²) in [5, 5.41) is 10.2. The van der Waals surface area contributed by atoms with Gasteiger partial charge in [0.05, 0.1) is 0 Å². The van der Waals surface area contributed by atoms with Gasteiger partial charge in [-0.15, -0.1) is 0 Å². The SMILES string of the molecule is Cc1ccc(C(O)COc2c(C)cc(C)cc2C)cc1. The first-order valence-electron chi connectivity index (χ1n) is 6.92. The van der Waals surface area contributed by atoms with Gasteiger partial charge in [0.15, 0.2) is 0 Å². The van der Waals surface area contributed by atoms with Gasteiger partial charge in [-0.3, -0.25) is 0 Å². The monoisotopic (exact) mass is 270 g/mol. The van der Waals surface area contributed by atoms with Gasteiger partial charge in [0.1, 0.15) is 18.5 Å². The zero-order chi connectivity index (χ0) is 14.7. The van der Waals surface area contributed by atoms with Crippen molar-refractivity contribution in [1.82, 2.24) is 0 Å². The second-order valence-corrected chi connectivity index (χ2v) is 5.47. The van der Waals surface area contributed by atoms with E-state index in [4.69, 9.17) is 4.74 Å². The van der Waals surface area contributed by atoms with E-state index in [0.717, 1.165) is 22.4 Å². The maximum atomic E-state index is 10.2. The molecule has 0 heterocycles. The number of aryl methyl sites for hydroxylation is 4. The lowest BCUT2D eigenvalue weighted by Crippen LogP contribution is -2.11. The first-order valence-corrected chi connectivity index (χ1v) is 6.92. The molecule has 1 unspecified atom stereocenters. The normalized spacial score (nSPS) is 12.2. The molecular formula is C18H22O2. The summed E-state index contributed by atoms with van der Waals surface area (Å²) in [5.41, 5.74) is 5.52. The summed E-state index contributed by atoms with van der Waals surface area (Å²) in [4.78, 5) is 0. The van der Waals surface area contributed by atoms with E-state index in [0.29, 0.717) is 0 Å². The van der Waals surface area contributed by atoms with Crippen LogP contribution < -0.4 is 4.74 Å². The highest BCUT2D eigenvalue weighted by molar-refractivity contribution is 5.43. The van der Waals surface area contributed by atoms with E-state index >= 15 is 0 Å². The molecule has 2 heteroatoms. The highest BCUT2D eigenvalue weighted by Crippen LogP contribution is 2.26. The number of aliphatic hydroxyl groups excluding tert-OH is 1. The molecule has 0 aromatic heterocycles. The van der Waals surface area contributed by atoms with Crippen LogP contribution in [-0.2, 0) is 0 Å². The molecule has 0 amide bonds. The van der Waals surface area contributed by atoms with Crippen molar-refractivity contribution in [3.63, 3.8) is 0 Å². The molecule has 106 valence electrons. The van der Waals surface area contributed by atoms with E-state index < -0.39 is 6.10 Å². The average molecular weight is 270 g/mol. The summed E-state index contributed by atoms with van der Waals surface area (Å²) in [6.45, 7) is 8.45. The number of aliphatic hydroxyl groups is 1. The number of hydrogen-bond acceptors (Lipinski definition) is 2. The Labute approximate surface area is 121 Å². The van der Waals surface area contributed by atoms with Crippen molar-refractivity contribution in [2.45, 2.75) is 33.8 Å². The number of ether oxygens (including phenoxy) is 1. The van der Waals surface area contributed by atoms with Crippen LogP contribution in [-0.4, -0.2) is 11.7 Å². The van der Waals surface area contributed by atoms with Crippen LogP contribution >= 0.6 is 0 Å². The topological polar surface area (TPSA) is 29.5 Å². The Morgan fingerprint density at radius 1 is 0.900 bits per heavy atom. The number of rotatable bonds is 4. The lowest BCUT2D eigenvalue weighted by Gasteiger charge is -2.16. The summed E-state index contributed by atoms with van der Waals surface area (Å²) in [6.07, 6.45) is -0.601. The minimum absolute atomic E-state index is 0.272. The summed E-state index contributed by atoms with van der Waals surface area (Å²) in [7, 11) is 0. The molecule has 20 heavy (non-hydrogen) atoms. The van der Waals surface area contributed by atoms with E-state index in [2.05, 4.69) is 19.1 Å². The van der Waals surface area contributed by atoms with E-state index in [1.54, 1.807) is 0 Å². The van der Waals surface area contributed by atoms with Gasteiger partial charge in [0, 0.05) is 0 Å². The number of hydrogen-bond donors (Lipinski definition) is 1. The van der Waals surface area contributed by atoms with Crippen LogP contribution in [0.3, 0.4) is 0 Å². The van der Waals surface area contributed by atoms with Crippen molar-refractivity contribution in [2.24, 2.45) is 0 Å². The summed E-state index contributed by atoms with van der Waals surface area (Å²) < 4.78 is 5.82. The van der Waals surface area contributed by atoms with Gasteiger partial charge in [-0.2, -0.15) is 0 Å². The summed E-state index contributed by atoms with van der Waals surface area (Å²) in [6, 6.07) is 12.1. The van der Waals surface area contributed by atoms with Crippen molar-refractivity contribution in [2.75, 3.05) is 6.61 Å². The third-order valence-electron chi connectivity index (χ3n) is 3.45. The van der Waals surface area contributed by atoms with Crippen LogP contribution in [0.15, 0.2) is 36.4 Å². The van der Waals surface area contributed by atoms with E-state index in [9.17, 15) is 5.11 Å². The Morgan fingerprint density at radius 2 is 1.45 bits per heavy atom. The molecule has 0 radical (unpaired) electrons. The van der Waals surface area contributed by atoms with Crippen LogP contribution in [0.2, 0.25) is 0 Å². The smallest absolute Gasteiger partial charge is 0.125 e. The molecule has 2 aromatic carbocycles. The predicted molar refractivity (Wildman–Crippen MR) is 82.3 cm³/mol. The van der Waals surface area contributed by atoms with Crippen molar-refractivity contribution in [3.05, 3.63) is 64.2 Å². The largest absolute Gasteiger partial charge is 0.490 e. The minimum Gasteiger partial charge on any atom is -0.490 e. The first-order chi connectivity index (χ1) is 9.47. The molecule has 2 nitrogen and oxygen atoms in total. The minimum atomic E-state index is -0.601. The zero-order valence-corrected chi connectivity index (χ0v) is 12.6. The fraction of sp³-hybridized carbons (Fsp3) is 0.333. The summed E-state index contributed by atoms with van der Waals surface area (Å²) >= 11 is 0. The first kappa shape index (κ1) is 14.6. The lowest BCUT2D eigenvalue weighted by atomic mass is 10.1. The molecule has 0 aliphatic heterocycles. The van der Waals surface area contributed by atoms with E-state index in [1.807, 2.05) is 45.0 Å². The third-order valence-corrected chi connectivity index (χ3v) is 3.45. The molecule has 1 atom stereocenters. The quantitative estimate of drug-likeness (QED) is 0.908. The molecule has 0 saturated carbocycles. The lowest BCUT2D eigenvalue weighted by molar-refractivity contribution is 0.107. The Bertz CT molecular complexity index is 562. The van der Waals surface area contributed by atoms with Crippen LogP contribution in [0, 0.1) is 27.7 Å². The van der Waals surface area contributed by atoms with Crippen LogP contribution in [0.1, 0.15) is 33.9 Å². The average Bonchev–Trinajstić information content (AvgIpc) is 2.38. The van der Waals surface area contributed by atoms with Gasteiger partial charge in [0.25, 0.3) is 0 Å². The molecule has 0 fully saturated rings. The second kappa shape index (κ2) is 6.10. The van der Waals surface area contributed by atoms with Gasteiger partial charge in [-0.25, -0.2) is 0 Å². The fourth-order valence-corrected chi connectivity index (χ4v) is 2.44.